The summed E-state index contributed by atoms with van der Waals surface area (Å²) in [5, 5.41) is 8.90. The maximum Gasteiger partial charge on any atom is 0.0751 e. The zero-order chi connectivity index (χ0) is 11.9. The average Bonchev–Trinajstić information content (AvgIpc) is 2.18. The van der Waals surface area contributed by atoms with Crippen LogP contribution in [0.25, 0.3) is 0 Å². The molecular weight excluding hydrogens is 181 g/mol. The van der Waals surface area contributed by atoms with Crippen molar-refractivity contribution in [3.63, 3.8) is 0 Å². The lowest BCUT2D eigenvalue weighted by atomic mass is 9.56. The van der Waals surface area contributed by atoms with E-state index in [0.29, 0.717) is 0 Å². The van der Waals surface area contributed by atoms with Crippen molar-refractivity contribution in [1.29, 1.82) is 5.26 Å². The number of nitrogens with zero attached hydrogens (tertiary/aromatic N) is 1. The van der Waals surface area contributed by atoms with Gasteiger partial charge in [-0.2, -0.15) is 5.26 Å². The van der Waals surface area contributed by atoms with Crippen LogP contribution in [-0.2, 0) is 0 Å². The summed E-state index contributed by atoms with van der Waals surface area (Å²) in [5.41, 5.74) is -0.299. The van der Waals surface area contributed by atoms with Crippen molar-refractivity contribution in [3.05, 3.63) is 12.7 Å². The maximum atomic E-state index is 9.15. The summed E-state index contributed by atoms with van der Waals surface area (Å²) < 4.78 is 0. The molecule has 2 radical (unpaired) electrons. The lowest BCUT2D eigenvalue weighted by Crippen LogP contribution is -2.23. The van der Waals surface area contributed by atoms with Crippen LogP contribution in [0.5, 0.6) is 0 Å². The smallest absolute Gasteiger partial charge is 0.0751 e. The van der Waals surface area contributed by atoms with E-state index in [0.717, 1.165) is 32.1 Å². The third-order valence-corrected chi connectivity index (χ3v) is 3.09. The van der Waals surface area contributed by atoms with Crippen molar-refractivity contribution in [1.82, 2.24) is 0 Å². The minimum absolute atomic E-state index is 0.253. The van der Waals surface area contributed by atoms with Gasteiger partial charge >= 0.3 is 0 Å². The topological polar surface area (TPSA) is 23.8 Å². The van der Waals surface area contributed by atoms with Crippen LogP contribution in [0.15, 0.2) is 12.7 Å². The first-order valence-corrected chi connectivity index (χ1v) is 5.76. The van der Waals surface area contributed by atoms with Crippen molar-refractivity contribution in [2.45, 2.75) is 58.2 Å². The molecule has 15 heavy (non-hydrogen) atoms. The van der Waals surface area contributed by atoms with Crippen LogP contribution in [0.4, 0.5) is 0 Å². The summed E-state index contributed by atoms with van der Waals surface area (Å²) in [7, 11) is 6.33. The van der Waals surface area contributed by atoms with Gasteiger partial charge in [-0.3, -0.25) is 0 Å². The van der Waals surface area contributed by atoms with Crippen molar-refractivity contribution in [2.75, 3.05) is 0 Å². The van der Waals surface area contributed by atoms with Crippen LogP contribution < -0.4 is 0 Å². The number of hydrogen-bond acceptors (Lipinski definition) is 1. The van der Waals surface area contributed by atoms with Gasteiger partial charge in [-0.25, -0.2) is 0 Å². The van der Waals surface area contributed by atoms with Crippen molar-refractivity contribution in [3.8, 4) is 6.07 Å². The molecule has 2 unspecified atom stereocenters. The highest BCUT2D eigenvalue weighted by Crippen LogP contribution is 2.45. The predicted molar refractivity (Wildman–Crippen MR) is 66.8 cm³/mol. The first-order valence-electron chi connectivity index (χ1n) is 5.76. The van der Waals surface area contributed by atoms with Gasteiger partial charge in [0, 0.05) is 0 Å². The number of allylic oxidation sites excluding steroid dienone is 1. The minimum atomic E-state index is -0.299. The van der Waals surface area contributed by atoms with Crippen LogP contribution in [0, 0.1) is 16.7 Å². The molecule has 0 heterocycles. The predicted octanol–water partition coefficient (Wildman–Crippen LogP) is 4.02. The standard InChI is InChI=1S/C13H22BN/c1-5-8-13(14,9-6-2)10-12(4,7-3)11-15/h5H,1,6-10H2,2-4H3. The van der Waals surface area contributed by atoms with Gasteiger partial charge in [-0.15, -0.1) is 6.58 Å². The highest BCUT2D eigenvalue weighted by Gasteiger charge is 2.32. The van der Waals surface area contributed by atoms with Gasteiger partial charge in [-0.1, -0.05) is 38.1 Å². The number of rotatable bonds is 7. The first kappa shape index (κ1) is 14.3. The maximum absolute atomic E-state index is 9.15. The second-order valence-electron chi connectivity index (χ2n) is 4.81. The number of hydrogen-bond donors (Lipinski definition) is 0. The van der Waals surface area contributed by atoms with E-state index >= 15 is 0 Å². The van der Waals surface area contributed by atoms with Gasteiger partial charge in [-0.05, 0) is 26.2 Å². The normalized spacial score (nSPS) is 18.5. The largest absolute Gasteiger partial charge is 0.198 e. The van der Waals surface area contributed by atoms with Crippen LogP contribution in [-0.4, -0.2) is 7.85 Å². The van der Waals surface area contributed by atoms with Crippen LogP contribution in [0.2, 0.25) is 5.31 Å². The SMILES string of the molecule is [B]C(CC=C)(CCC)CC(C)(C#N)CC. The van der Waals surface area contributed by atoms with Gasteiger partial charge in [0.1, 0.15) is 0 Å². The highest BCUT2D eigenvalue weighted by atomic mass is 14.4. The third-order valence-electron chi connectivity index (χ3n) is 3.09. The van der Waals surface area contributed by atoms with E-state index in [1.165, 1.54) is 0 Å². The Morgan fingerprint density at radius 2 is 2.07 bits per heavy atom. The summed E-state index contributed by atoms with van der Waals surface area (Å²) in [6.07, 6.45) is 6.27. The zero-order valence-electron chi connectivity index (χ0n) is 10.3. The molecule has 0 aliphatic carbocycles. The Hall–Kier alpha value is -0.705. The molecule has 0 bridgehead atoms. The molecule has 0 rings (SSSR count). The molecular formula is C13H22BN. The molecule has 0 saturated carbocycles. The van der Waals surface area contributed by atoms with Gasteiger partial charge in [0.05, 0.1) is 19.3 Å². The molecule has 2 heteroatoms. The fraction of sp³-hybridized carbons (Fsp3) is 0.769. The minimum Gasteiger partial charge on any atom is -0.198 e. The van der Waals surface area contributed by atoms with Crippen molar-refractivity contribution >= 4 is 7.85 Å². The van der Waals surface area contributed by atoms with E-state index in [9.17, 15) is 0 Å². The highest BCUT2D eigenvalue weighted by molar-refractivity contribution is 6.15. The Morgan fingerprint density at radius 3 is 2.40 bits per heavy atom. The van der Waals surface area contributed by atoms with E-state index in [4.69, 9.17) is 13.1 Å². The van der Waals surface area contributed by atoms with Crippen molar-refractivity contribution < 1.29 is 0 Å². The first-order chi connectivity index (χ1) is 6.95. The molecule has 2 atom stereocenters. The lowest BCUT2D eigenvalue weighted by molar-refractivity contribution is 0.307. The summed E-state index contributed by atoms with van der Waals surface area (Å²) in [6, 6.07) is 2.39. The second kappa shape index (κ2) is 6.00. The third kappa shape index (κ3) is 4.56. The average molecular weight is 203 g/mol. The van der Waals surface area contributed by atoms with E-state index in [2.05, 4.69) is 19.6 Å². The second-order valence-corrected chi connectivity index (χ2v) is 4.81. The quantitative estimate of drug-likeness (QED) is 0.452. The summed E-state index contributed by atoms with van der Waals surface area (Å²) in [4.78, 5) is 0. The molecule has 0 aromatic rings. The molecule has 0 aliphatic heterocycles. The van der Waals surface area contributed by atoms with Gasteiger partial charge in [0.2, 0.25) is 0 Å². The number of nitriles is 1. The summed E-state index contributed by atoms with van der Waals surface area (Å²) in [5.74, 6) is 0. The van der Waals surface area contributed by atoms with E-state index in [-0.39, 0.29) is 10.7 Å². The Morgan fingerprint density at radius 1 is 1.47 bits per heavy atom. The monoisotopic (exact) mass is 203 g/mol. The Balaban J connectivity index is 4.66. The zero-order valence-corrected chi connectivity index (χ0v) is 10.3. The molecule has 0 aromatic carbocycles. The van der Waals surface area contributed by atoms with E-state index in [1.54, 1.807) is 0 Å². The molecule has 82 valence electrons. The van der Waals surface area contributed by atoms with Crippen LogP contribution >= 0.6 is 0 Å². The van der Waals surface area contributed by atoms with Crippen LogP contribution in [0.1, 0.15) is 52.9 Å². The van der Waals surface area contributed by atoms with E-state index in [1.807, 2.05) is 19.9 Å². The van der Waals surface area contributed by atoms with Gasteiger partial charge in [0.15, 0.2) is 0 Å². The lowest BCUT2D eigenvalue weighted by Gasteiger charge is -2.35. The molecule has 0 amide bonds. The van der Waals surface area contributed by atoms with Crippen molar-refractivity contribution in [2.24, 2.45) is 5.41 Å². The van der Waals surface area contributed by atoms with Crippen LogP contribution in [0.3, 0.4) is 0 Å². The fourth-order valence-corrected chi connectivity index (χ4v) is 2.07. The summed E-state index contributed by atoms with van der Waals surface area (Å²) in [6.45, 7) is 9.91. The Bertz CT molecular complexity index is 243. The summed E-state index contributed by atoms with van der Waals surface area (Å²) >= 11 is 0. The molecule has 0 fully saturated rings. The molecule has 0 N–H and O–H groups in total. The fourth-order valence-electron chi connectivity index (χ4n) is 2.07. The molecule has 0 aliphatic rings. The molecule has 1 nitrogen and oxygen atoms in total. The Labute approximate surface area is 96.0 Å². The molecule has 0 saturated heterocycles. The van der Waals surface area contributed by atoms with Gasteiger partial charge < -0.3 is 0 Å². The Kier molecular flexibility index (Phi) is 5.72. The molecule has 0 aromatic heterocycles. The van der Waals surface area contributed by atoms with Gasteiger partial charge in [0.25, 0.3) is 0 Å². The molecule has 0 spiro atoms. The van der Waals surface area contributed by atoms with E-state index < -0.39 is 0 Å².